The number of aromatic nitrogens is 1. The number of amides is 1. The Morgan fingerprint density at radius 3 is 2.68 bits per heavy atom. The molecule has 0 saturated carbocycles. The Hall–Kier alpha value is -1.33. The second-order valence-corrected chi connectivity index (χ2v) is 5.83. The van der Waals surface area contributed by atoms with Crippen LogP contribution in [0.1, 0.15) is 13.8 Å². The van der Waals surface area contributed by atoms with Crippen LogP contribution < -0.4 is 10.2 Å². The summed E-state index contributed by atoms with van der Waals surface area (Å²) in [6, 6.07) is 3.82. The molecule has 0 bridgehead atoms. The lowest BCUT2D eigenvalue weighted by Crippen LogP contribution is -2.51. The van der Waals surface area contributed by atoms with Crippen molar-refractivity contribution in [2.24, 2.45) is 5.41 Å². The van der Waals surface area contributed by atoms with Crippen molar-refractivity contribution in [3.63, 3.8) is 0 Å². The molecule has 0 radical (unpaired) electrons. The fraction of sp³-hybridized carbons (Fsp3) is 0.643. The van der Waals surface area contributed by atoms with Gasteiger partial charge in [-0.3, -0.25) is 9.69 Å². The Morgan fingerprint density at radius 2 is 2.11 bits per heavy atom. The molecule has 0 atom stereocenters. The molecule has 1 amide bonds. The molecule has 2 heterocycles. The highest BCUT2D eigenvalue weighted by Gasteiger charge is 2.33. The number of anilines is 1. The standard InChI is InChI=1S/C14H24N4O/c1-14(2,11-18-9-7-15-8-10-18)13(19)17(3)12-5-4-6-16-12/h4-6,15-16H,7-11H2,1-3H3. The number of piperazine rings is 1. The Kier molecular flexibility index (Phi) is 4.27. The number of rotatable bonds is 4. The predicted molar refractivity (Wildman–Crippen MR) is 77.3 cm³/mol. The maximum absolute atomic E-state index is 12.6. The van der Waals surface area contributed by atoms with E-state index in [4.69, 9.17) is 0 Å². The normalized spacial score (nSPS) is 17.4. The Bertz CT molecular complexity index is 407. The second kappa shape index (κ2) is 5.75. The highest BCUT2D eigenvalue weighted by Crippen LogP contribution is 2.23. The second-order valence-electron chi connectivity index (χ2n) is 5.83. The molecule has 1 saturated heterocycles. The summed E-state index contributed by atoms with van der Waals surface area (Å²) in [6.07, 6.45) is 1.84. The van der Waals surface area contributed by atoms with Crippen LogP contribution in [-0.2, 0) is 4.79 Å². The van der Waals surface area contributed by atoms with Crippen molar-refractivity contribution in [1.82, 2.24) is 15.2 Å². The predicted octanol–water partition coefficient (Wildman–Crippen LogP) is 0.909. The lowest BCUT2D eigenvalue weighted by molar-refractivity contribution is -0.127. The van der Waals surface area contributed by atoms with E-state index in [1.165, 1.54) is 0 Å². The van der Waals surface area contributed by atoms with Gasteiger partial charge in [0.1, 0.15) is 5.82 Å². The molecule has 0 spiro atoms. The molecule has 19 heavy (non-hydrogen) atoms. The summed E-state index contributed by atoms with van der Waals surface area (Å²) in [4.78, 5) is 19.7. The van der Waals surface area contributed by atoms with Crippen molar-refractivity contribution in [2.45, 2.75) is 13.8 Å². The minimum atomic E-state index is -0.378. The van der Waals surface area contributed by atoms with Gasteiger partial charge in [0, 0.05) is 46.0 Å². The van der Waals surface area contributed by atoms with E-state index in [-0.39, 0.29) is 11.3 Å². The fourth-order valence-corrected chi connectivity index (χ4v) is 2.59. The summed E-state index contributed by atoms with van der Waals surface area (Å²) in [6.45, 7) is 8.91. The highest BCUT2D eigenvalue weighted by atomic mass is 16.2. The van der Waals surface area contributed by atoms with E-state index in [0.29, 0.717) is 0 Å². The zero-order valence-electron chi connectivity index (χ0n) is 12.1. The maximum Gasteiger partial charge on any atom is 0.234 e. The molecule has 1 aromatic heterocycles. The number of carbonyl (C=O) groups is 1. The molecular formula is C14H24N4O. The van der Waals surface area contributed by atoms with Gasteiger partial charge in [0.05, 0.1) is 5.41 Å². The smallest absolute Gasteiger partial charge is 0.234 e. The third-order valence-corrected chi connectivity index (χ3v) is 3.65. The molecule has 0 unspecified atom stereocenters. The first kappa shape index (κ1) is 14.1. The van der Waals surface area contributed by atoms with Crippen LogP contribution in [-0.4, -0.2) is 55.6 Å². The molecule has 2 rings (SSSR count). The van der Waals surface area contributed by atoms with Crippen LogP contribution in [0.4, 0.5) is 5.82 Å². The van der Waals surface area contributed by atoms with Gasteiger partial charge in [-0.25, -0.2) is 0 Å². The van der Waals surface area contributed by atoms with Crippen LogP contribution >= 0.6 is 0 Å². The first-order valence-corrected chi connectivity index (χ1v) is 6.85. The van der Waals surface area contributed by atoms with E-state index in [1.54, 1.807) is 4.90 Å². The van der Waals surface area contributed by atoms with Gasteiger partial charge in [-0.05, 0) is 26.0 Å². The Labute approximate surface area is 115 Å². The van der Waals surface area contributed by atoms with Gasteiger partial charge in [-0.1, -0.05) is 0 Å². The van der Waals surface area contributed by atoms with E-state index in [1.807, 2.05) is 39.2 Å². The van der Waals surface area contributed by atoms with Gasteiger partial charge in [0.25, 0.3) is 0 Å². The minimum absolute atomic E-state index is 0.147. The molecule has 5 heteroatoms. The minimum Gasteiger partial charge on any atom is -0.348 e. The third-order valence-electron chi connectivity index (χ3n) is 3.65. The summed E-state index contributed by atoms with van der Waals surface area (Å²) in [5.74, 6) is 0.992. The lowest BCUT2D eigenvalue weighted by Gasteiger charge is -2.36. The average molecular weight is 264 g/mol. The summed E-state index contributed by atoms with van der Waals surface area (Å²) in [7, 11) is 1.83. The molecule has 106 valence electrons. The lowest BCUT2D eigenvalue weighted by atomic mass is 9.90. The van der Waals surface area contributed by atoms with E-state index in [0.717, 1.165) is 38.5 Å². The van der Waals surface area contributed by atoms with Crippen LogP contribution in [0.25, 0.3) is 0 Å². The monoisotopic (exact) mass is 264 g/mol. The summed E-state index contributed by atoms with van der Waals surface area (Å²) < 4.78 is 0. The number of H-pyrrole nitrogens is 1. The summed E-state index contributed by atoms with van der Waals surface area (Å²) in [5.41, 5.74) is -0.378. The number of hydrogen-bond acceptors (Lipinski definition) is 3. The van der Waals surface area contributed by atoms with Crippen molar-refractivity contribution in [3.05, 3.63) is 18.3 Å². The number of aromatic amines is 1. The van der Waals surface area contributed by atoms with Crippen LogP contribution in [0.5, 0.6) is 0 Å². The van der Waals surface area contributed by atoms with Gasteiger partial charge >= 0.3 is 0 Å². The van der Waals surface area contributed by atoms with Gasteiger partial charge in [0.15, 0.2) is 0 Å². The molecule has 5 nitrogen and oxygen atoms in total. The first-order valence-electron chi connectivity index (χ1n) is 6.85. The van der Waals surface area contributed by atoms with E-state index >= 15 is 0 Å². The molecule has 2 N–H and O–H groups in total. The zero-order chi connectivity index (χ0) is 13.9. The third kappa shape index (κ3) is 3.36. The van der Waals surface area contributed by atoms with Crippen LogP contribution in [0.2, 0.25) is 0 Å². The first-order chi connectivity index (χ1) is 9.00. The Balaban J connectivity index is 1.99. The maximum atomic E-state index is 12.6. The van der Waals surface area contributed by atoms with E-state index in [2.05, 4.69) is 15.2 Å². The molecule has 0 aromatic carbocycles. The van der Waals surface area contributed by atoms with Crippen molar-refractivity contribution in [3.8, 4) is 0 Å². The topological polar surface area (TPSA) is 51.4 Å². The van der Waals surface area contributed by atoms with Crippen molar-refractivity contribution in [2.75, 3.05) is 44.7 Å². The highest BCUT2D eigenvalue weighted by molar-refractivity contribution is 5.96. The molecule has 1 aromatic rings. The summed E-state index contributed by atoms with van der Waals surface area (Å²) in [5, 5.41) is 3.33. The van der Waals surface area contributed by atoms with E-state index in [9.17, 15) is 4.79 Å². The van der Waals surface area contributed by atoms with Crippen molar-refractivity contribution in [1.29, 1.82) is 0 Å². The SMILES string of the molecule is CN(C(=O)C(C)(C)CN1CCNCC1)c1ccc[nH]1. The quantitative estimate of drug-likeness (QED) is 0.850. The largest absolute Gasteiger partial charge is 0.348 e. The average Bonchev–Trinajstić information content (AvgIpc) is 2.91. The van der Waals surface area contributed by atoms with Crippen LogP contribution in [0.15, 0.2) is 18.3 Å². The summed E-state index contributed by atoms with van der Waals surface area (Å²) >= 11 is 0. The fourth-order valence-electron chi connectivity index (χ4n) is 2.59. The molecule has 0 aliphatic carbocycles. The van der Waals surface area contributed by atoms with Crippen LogP contribution in [0.3, 0.4) is 0 Å². The van der Waals surface area contributed by atoms with Gasteiger partial charge in [-0.15, -0.1) is 0 Å². The number of nitrogens with one attached hydrogen (secondary N) is 2. The van der Waals surface area contributed by atoms with Gasteiger partial charge < -0.3 is 15.2 Å². The van der Waals surface area contributed by atoms with Crippen molar-refractivity contribution >= 4 is 11.7 Å². The molecule has 1 fully saturated rings. The molecule has 1 aliphatic heterocycles. The van der Waals surface area contributed by atoms with Gasteiger partial charge in [-0.2, -0.15) is 0 Å². The van der Waals surface area contributed by atoms with Crippen LogP contribution in [0, 0.1) is 5.41 Å². The Morgan fingerprint density at radius 1 is 1.42 bits per heavy atom. The van der Waals surface area contributed by atoms with Crippen molar-refractivity contribution < 1.29 is 4.79 Å². The zero-order valence-corrected chi connectivity index (χ0v) is 12.1. The van der Waals surface area contributed by atoms with E-state index < -0.39 is 0 Å². The molecular weight excluding hydrogens is 240 g/mol. The van der Waals surface area contributed by atoms with Gasteiger partial charge in [0.2, 0.25) is 5.91 Å². The number of carbonyl (C=O) groups excluding carboxylic acids is 1. The number of hydrogen-bond donors (Lipinski definition) is 2. The number of nitrogens with zero attached hydrogens (tertiary/aromatic N) is 2. The molecule has 1 aliphatic rings.